The fraction of sp³-hybridized carbons (Fsp3) is 0.292. The minimum Gasteiger partial charge on any atom is -0.550 e. The van der Waals surface area contributed by atoms with Crippen LogP contribution in [0.1, 0.15) is 76.8 Å². The molecule has 0 aliphatic carbocycles. The number of rotatable bonds is 16. The summed E-state index contributed by atoms with van der Waals surface area (Å²) in [5.41, 5.74) is 7.22. The summed E-state index contributed by atoms with van der Waals surface area (Å²) < 4.78 is 31.3. The van der Waals surface area contributed by atoms with Gasteiger partial charge in [0.15, 0.2) is 0 Å². The summed E-state index contributed by atoms with van der Waals surface area (Å²) in [6, 6.07) is 28.6. The number of fused-ring (bicyclic) bond motifs is 2. The minimum absolute atomic E-state index is 0. The van der Waals surface area contributed by atoms with Gasteiger partial charge in [0.25, 0.3) is 0 Å². The van der Waals surface area contributed by atoms with Gasteiger partial charge in [0.1, 0.15) is 11.6 Å². The third kappa shape index (κ3) is 13.5. The Morgan fingerprint density at radius 2 is 0.887 bits per heavy atom. The first kappa shape index (κ1) is 52.4. The standard InChI is InChI=1S/2C24H26FNO4.2Na/c2*1-15(2)26-21-6-4-3-5-20(21)24(16-7-9-17(25)10-8-16)22(26)12-11-18(27)13-19(28)14-23(29)30;;/h2*3-12,15,18-19,27-28H,13-14H2,1-2H3,(H,29,30);;/q;;2*+1/p-2/b2*12-11+;;/t2*18-,19-;;/m00../s1. The second-order valence-electron chi connectivity index (χ2n) is 15.3. The molecule has 4 atom stereocenters. The minimum atomic E-state index is -1.36. The van der Waals surface area contributed by atoms with E-state index in [1.807, 2.05) is 48.5 Å². The van der Waals surface area contributed by atoms with Crippen LogP contribution in [0.25, 0.3) is 56.2 Å². The Kier molecular flexibility index (Phi) is 20.5. The predicted molar refractivity (Wildman–Crippen MR) is 226 cm³/mol. The summed E-state index contributed by atoms with van der Waals surface area (Å²) in [5.74, 6) is -3.36. The molecule has 0 bridgehead atoms. The number of aromatic nitrogens is 2. The van der Waals surface area contributed by atoms with Crippen LogP contribution in [0.4, 0.5) is 8.78 Å². The van der Waals surface area contributed by atoms with Crippen LogP contribution >= 0.6 is 0 Å². The van der Waals surface area contributed by atoms with Gasteiger partial charge in [-0.25, -0.2) is 8.78 Å². The third-order valence-corrected chi connectivity index (χ3v) is 9.98. The van der Waals surface area contributed by atoms with Crippen molar-refractivity contribution in [3.63, 3.8) is 0 Å². The topological polar surface area (TPSA) is 171 Å². The zero-order valence-corrected chi connectivity index (χ0v) is 39.9. The molecule has 4 N–H and O–H groups in total. The van der Waals surface area contributed by atoms with Gasteiger partial charge in [0, 0.05) is 94.0 Å². The van der Waals surface area contributed by atoms with E-state index in [1.54, 1.807) is 48.6 Å². The van der Waals surface area contributed by atoms with Crippen LogP contribution in [0.5, 0.6) is 0 Å². The quantitative estimate of drug-likeness (QED) is 0.103. The predicted octanol–water partition coefficient (Wildman–Crippen LogP) is 0.595. The van der Waals surface area contributed by atoms with Crippen molar-refractivity contribution < 1.29 is 108 Å². The second kappa shape index (κ2) is 24.2. The van der Waals surface area contributed by atoms with Crippen LogP contribution in [0, 0.1) is 11.6 Å². The van der Waals surface area contributed by atoms with E-state index in [-0.39, 0.29) is 95.7 Å². The molecule has 0 fully saturated rings. The van der Waals surface area contributed by atoms with Gasteiger partial charge in [0.05, 0.1) is 24.4 Å². The Bertz CT molecular complexity index is 2290. The summed E-state index contributed by atoms with van der Waals surface area (Å²) >= 11 is 0. The largest absolute Gasteiger partial charge is 1.00 e. The normalized spacial score (nSPS) is 13.5. The molecule has 2 aromatic heterocycles. The number of halogens is 2. The average Bonchev–Trinajstić information content (AvgIpc) is 3.69. The molecule has 14 heteroatoms. The smallest absolute Gasteiger partial charge is 0.550 e. The first-order valence-corrected chi connectivity index (χ1v) is 19.8. The number of carboxylic acid groups (broad SMARTS) is 2. The van der Waals surface area contributed by atoms with Gasteiger partial charge in [-0.3, -0.25) is 0 Å². The molecule has 0 unspecified atom stereocenters. The molecule has 0 saturated carbocycles. The van der Waals surface area contributed by atoms with Gasteiger partial charge in [-0.1, -0.05) is 72.8 Å². The van der Waals surface area contributed by atoms with Crippen molar-refractivity contribution in [2.24, 2.45) is 0 Å². The summed E-state index contributed by atoms with van der Waals surface area (Å²) in [6.45, 7) is 8.22. The van der Waals surface area contributed by atoms with E-state index in [1.165, 1.54) is 24.3 Å². The van der Waals surface area contributed by atoms with E-state index < -0.39 is 49.2 Å². The number of hydrogen-bond acceptors (Lipinski definition) is 8. The molecule has 10 nitrogen and oxygen atoms in total. The molecule has 0 aliphatic rings. The second-order valence-corrected chi connectivity index (χ2v) is 15.3. The van der Waals surface area contributed by atoms with Gasteiger partial charge < -0.3 is 49.4 Å². The molecule has 0 spiro atoms. The fourth-order valence-electron chi connectivity index (χ4n) is 7.52. The molecule has 0 amide bonds. The van der Waals surface area contributed by atoms with E-state index in [9.17, 15) is 49.0 Å². The van der Waals surface area contributed by atoms with Crippen molar-refractivity contribution in [1.82, 2.24) is 9.13 Å². The maximum Gasteiger partial charge on any atom is 1.00 e. The molecule has 4 aromatic carbocycles. The first-order chi connectivity index (χ1) is 28.5. The van der Waals surface area contributed by atoms with Crippen molar-refractivity contribution in [2.45, 2.75) is 89.9 Å². The maximum absolute atomic E-state index is 13.5. The van der Waals surface area contributed by atoms with Gasteiger partial charge in [-0.05, 0) is 87.4 Å². The van der Waals surface area contributed by atoms with E-state index >= 15 is 0 Å². The number of nitrogens with zero attached hydrogens (tertiary/aromatic N) is 2. The van der Waals surface area contributed by atoms with Crippen LogP contribution in [0.3, 0.4) is 0 Å². The Labute approximate surface area is 404 Å². The Balaban J connectivity index is 0.000000320. The molecule has 6 aromatic rings. The molecule has 316 valence electrons. The number of carbonyl (C=O) groups is 2. The van der Waals surface area contributed by atoms with Crippen molar-refractivity contribution in [1.29, 1.82) is 0 Å². The van der Waals surface area contributed by atoms with E-state index in [4.69, 9.17) is 0 Å². The molecule has 6 rings (SSSR count). The summed E-state index contributed by atoms with van der Waals surface area (Å²) in [5, 5.41) is 63.3. The van der Waals surface area contributed by atoms with Crippen LogP contribution in [-0.2, 0) is 9.59 Å². The van der Waals surface area contributed by atoms with Crippen LogP contribution < -0.4 is 69.3 Å². The third-order valence-electron chi connectivity index (χ3n) is 9.98. The van der Waals surface area contributed by atoms with Crippen molar-refractivity contribution in [2.75, 3.05) is 0 Å². The van der Waals surface area contributed by atoms with Gasteiger partial charge in [-0.15, -0.1) is 0 Å². The van der Waals surface area contributed by atoms with Crippen molar-refractivity contribution >= 4 is 45.9 Å². The number of aliphatic carboxylic acids is 2. The zero-order chi connectivity index (χ0) is 43.7. The molecule has 0 aliphatic heterocycles. The molecular weight excluding hydrogens is 817 g/mol. The van der Waals surface area contributed by atoms with Crippen LogP contribution in [-0.4, -0.2) is 65.9 Å². The maximum atomic E-state index is 13.5. The van der Waals surface area contributed by atoms with Crippen molar-refractivity contribution in [3.05, 3.63) is 132 Å². The molecule has 62 heavy (non-hydrogen) atoms. The number of carbonyl (C=O) groups excluding carboxylic acids is 2. The Morgan fingerprint density at radius 3 is 1.19 bits per heavy atom. The summed E-state index contributed by atoms with van der Waals surface area (Å²) in [6.07, 6.45) is 0.899. The number of carboxylic acids is 2. The monoisotopic (exact) mass is 866 g/mol. The number of para-hydroxylation sites is 2. The molecule has 0 saturated heterocycles. The Morgan fingerprint density at radius 1 is 0.565 bits per heavy atom. The molecule has 2 heterocycles. The molecule has 0 radical (unpaired) electrons. The van der Waals surface area contributed by atoms with Gasteiger partial charge in [-0.2, -0.15) is 0 Å². The van der Waals surface area contributed by atoms with Crippen LogP contribution in [0.2, 0.25) is 0 Å². The number of aliphatic hydroxyl groups excluding tert-OH is 4. The molecular formula is C48H50F2N2Na2O8. The average molecular weight is 867 g/mol. The summed E-state index contributed by atoms with van der Waals surface area (Å²) in [4.78, 5) is 21.2. The van der Waals surface area contributed by atoms with Crippen molar-refractivity contribution in [3.8, 4) is 22.3 Å². The van der Waals surface area contributed by atoms with E-state index in [2.05, 4.69) is 36.8 Å². The van der Waals surface area contributed by atoms with Gasteiger partial charge >= 0.3 is 59.1 Å². The SMILES string of the molecule is CC(C)n1c(/C=C/[C@H](O)C[C@H](O)CC(=O)[O-])c(-c2ccc(F)cc2)c2ccccc21.CC(C)n1c(/C=C/[C@H](O)C[C@H](O)CC(=O)[O-])c(-c2ccc(F)cc2)c2ccccc21.[Na+].[Na+]. The summed E-state index contributed by atoms with van der Waals surface area (Å²) in [7, 11) is 0. The fourth-order valence-corrected chi connectivity index (χ4v) is 7.52. The Hall–Kier alpha value is -3.92. The number of hydrogen-bond donors (Lipinski definition) is 4. The number of aliphatic hydroxyl groups is 4. The number of benzene rings is 4. The van der Waals surface area contributed by atoms with E-state index in [0.717, 1.165) is 55.4 Å². The van der Waals surface area contributed by atoms with Crippen LogP contribution in [0.15, 0.2) is 109 Å². The van der Waals surface area contributed by atoms with Gasteiger partial charge in [0.2, 0.25) is 0 Å². The van der Waals surface area contributed by atoms with E-state index in [0.29, 0.717) is 0 Å². The zero-order valence-electron chi connectivity index (χ0n) is 35.9. The first-order valence-electron chi connectivity index (χ1n) is 19.8.